The summed E-state index contributed by atoms with van der Waals surface area (Å²) in [6.45, 7) is 12.0. The van der Waals surface area contributed by atoms with E-state index in [0.29, 0.717) is 25.4 Å². The number of nitrogens with zero attached hydrogens (tertiary/aromatic N) is 3. The molecule has 0 bridgehead atoms. The highest BCUT2D eigenvalue weighted by Crippen LogP contribution is 2.16. The fourth-order valence-corrected chi connectivity index (χ4v) is 3.60. The van der Waals surface area contributed by atoms with Gasteiger partial charge in [0.25, 0.3) is 5.91 Å². The van der Waals surface area contributed by atoms with Crippen molar-refractivity contribution in [3.8, 4) is 0 Å². The quantitative estimate of drug-likeness (QED) is 0.685. The second kappa shape index (κ2) is 10.3. The monoisotopic (exact) mass is 414 g/mol. The molecule has 1 aromatic carbocycles. The maximum Gasteiger partial charge on any atom is 0.270 e. The van der Waals surface area contributed by atoms with Crippen LogP contribution < -0.4 is 5.32 Å². The molecule has 1 unspecified atom stereocenters. The summed E-state index contributed by atoms with van der Waals surface area (Å²) in [5.74, 6) is -0.132. The van der Waals surface area contributed by atoms with Crippen LogP contribution in [0.2, 0.25) is 0 Å². The number of carbonyl (C=O) groups excluding carboxylic acids is 1. The Kier molecular flexibility index (Phi) is 7.77. The van der Waals surface area contributed by atoms with Crippen molar-refractivity contribution in [2.75, 3.05) is 52.4 Å². The van der Waals surface area contributed by atoms with E-state index in [9.17, 15) is 9.90 Å². The Balaban J connectivity index is 1.37. The summed E-state index contributed by atoms with van der Waals surface area (Å²) in [7, 11) is 0. The molecule has 1 amide bonds. The molecule has 0 aliphatic carbocycles. The summed E-state index contributed by atoms with van der Waals surface area (Å²) < 4.78 is 5.66. The zero-order chi connectivity index (χ0) is 21.6. The van der Waals surface area contributed by atoms with Crippen molar-refractivity contribution in [3.05, 3.63) is 42.2 Å². The standard InChI is InChI=1S/C23H34N4O3/c1-23(2,3)30-17-19(28)16-27-14-12-26(13-15-27)11-10-25-22(29)21-20-7-5-4-6-18(20)8-9-24-21/h4-9,19,28H,10-17H2,1-3H3,(H,25,29). The summed E-state index contributed by atoms with van der Waals surface area (Å²) >= 11 is 0. The van der Waals surface area contributed by atoms with Crippen LogP contribution in [-0.2, 0) is 4.74 Å². The van der Waals surface area contributed by atoms with Gasteiger partial charge in [0.15, 0.2) is 0 Å². The number of nitrogens with one attached hydrogen (secondary N) is 1. The van der Waals surface area contributed by atoms with E-state index < -0.39 is 6.10 Å². The van der Waals surface area contributed by atoms with Gasteiger partial charge in [-0.2, -0.15) is 0 Å². The van der Waals surface area contributed by atoms with Crippen LogP contribution in [-0.4, -0.2) is 89.9 Å². The molecule has 2 heterocycles. The topological polar surface area (TPSA) is 77.9 Å². The summed E-state index contributed by atoms with van der Waals surface area (Å²) in [5, 5.41) is 15.1. The van der Waals surface area contributed by atoms with E-state index in [1.807, 2.05) is 51.1 Å². The lowest BCUT2D eigenvalue weighted by Gasteiger charge is -2.35. The van der Waals surface area contributed by atoms with Gasteiger partial charge >= 0.3 is 0 Å². The van der Waals surface area contributed by atoms with Gasteiger partial charge in [0.2, 0.25) is 0 Å². The number of carbonyl (C=O) groups is 1. The molecule has 30 heavy (non-hydrogen) atoms. The molecular weight excluding hydrogens is 380 g/mol. The van der Waals surface area contributed by atoms with Gasteiger partial charge in [-0.15, -0.1) is 0 Å². The smallest absolute Gasteiger partial charge is 0.270 e. The van der Waals surface area contributed by atoms with Gasteiger partial charge in [0.05, 0.1) is 18.3 Å². The van der Waals surface area contributed by atoms with E-state index in [1.165, 1.54) is 0 Å². The second-order valence-corrected chi connectivity index (χ2v) is 8.86. The van der Waals surface area contributed by atoms with Crippen LogP contribution in [0.5, 0.6) is 0 Å². The predicted octanol–water partition coefficient (Wildman–Crippen LogP) is 1.76. The van der Waals surface area contributed by atoms with E-state index >= 15 is 0 Å². The molecule has 3 rings (SSSR count). The summed E-state index contributed by atoms with van der Waals surface area (Å²) in [6, 6.07) is 9.71. The highest BCUT2D eigenvalue weighted by Gasteiger charge is 2.21. The van der Waals surface area contributed by atoms with Crippen LogP contribution in [0.15, 0.2) is 36.5 Å². The third-order valence-corrected chi connectivity index (χ3v) is 5.24. The lowest BCUT2D eigenvalue weighted by atomic mass is 10.1. The molecule has 1 atom stereocenters. The van der Waals surface area contributed by atoms with Gasteiger partial charge in [-0.05, 0) is 32.2 Å². The second-order valence-electron chi connectivity index (χ2n) is 8.86. The van der Waals surface area contributed by atoms with Crippen molar-refractivity contribution in [1.82, 2.24) is 20.1 Å². The van der Waals surface area contributed by atoms with Crippen molar-refractivity contribution >= 4 is 16.7 Å². The number of hydrogen-bond acceptors (Lipinski definition) is 6. The van der Waals surface area contributed by atoms with Crippen molar-refractivity contribution in [1.29, 1.82) is 0 Å². The number of aliphatic hydroxyl groups excluding tert-OH is 1. The highest BCUT2D eigenvalue weighted by molar-refractivity contribution is 6.05. The fourth-order valence-electron chi connectivity index (χ4n) is 3.60. The Hall–Kier alpha value is -2.06. The Morgan fingerprint density at radius 1 is 1.17 bits per heavy atom. The number of β-amino-alcohol motifs (C(OH)–C–C–N with tert-alkyl or cyclic N) is 1. The van der Waals surface area contributed by atoms with Crippen molar-refractivity contribution < 1.29 is 14.6 Å². The molecule has 1 fully saturated rings. The number of rotatable bonds is 8. The fraction of sp³-hybridized carbons (Fsp3) is 0.565. The zero-order valence-corrected chi connectivity index (χ0v) is 18.3. The van der Waals surface area contributed by atoms with E-state index in [2.05, 4.69) is 20.1 Å². The molecule has 7 nitrogen and oxygen atoms in total. The molecule has 7 heteroatoms. The highest BCUT2D eigenvalue weighted by atomic mass is 16.5. The Labute approximate surface area is 179 Å². The molecule has 1 aliphatic heterocycles. The molecule has 1 saturated heterocycles. The van der Waals surface area contributed by atoms with Gasteiger partial charge < -0.3 is 15.2 Å². The molecule has 0 radical (unpaired) electrons. The molecule has 2 N–H and O–H groups in total. The lowest BCUT2D eigenvalue weighted by molar-refractivity contribution is -0.0585. The SMILES string of the molecule is CC(C)(C)OCC(O)CN1CCN(CCNC(=O)c2nccc3ccccc23)CC1. The third-order valence-electron chi connectivity index (χ3n) is 5.24. The maximum absolute atomic E-state index is 12.6. The van der Waals surface area contributed by atoms with Crippen LogP contribution >= 0.6 is 0 Å². The molecular formula is C23H34N4O3. The van der Waals surface area contributed by atoms with E-state index in [1.54, 1.807) is 6.20 Å². The van der Waals surface area contributed by atoms with Crippen molar-refractivity contribution in [2.45, 2.75) is 32.5 Å². The first-order valence-corrected chi connectivity index (χ1v) is 10.7. The van der Waals surface area contributed by atoms with Gasteiger partial charge in [-0.1, -0.05) is 24.3 Å². The molecule has 1 aromatic heterocycles. The molecule has 164 valence electrons. The maximum atomic E-state index is 12.6. The number of pyridine rings is 1. The van der Waals surface area contributed by atoms with Crippen LogP contribution in [0, 0.1) is 0 Å². The molecule has 0 spiro atoms. The lowest BCUT2D eigenvalue weighted by Crippen LogP contribution is -2.50. The predicted molar refractivity (Wildman–Crippen MR) is 119 cm³/mol. The Morgan fingerprint density at radius 2 is 1.87 bits per heavy atom. The average molecular weight is 415 g/mol. The molecule has 1 aliphatic rings. The minimum absolute atomic E-state index is 0.132. The largest absolute Gasteiger partial charge is 0.389 e. The van der Waals surface area contributed by atoms with Crippen LogP contribution in [0.1, 0.15) is 31.3 Å². The van der Waals surface area contributed by atoms with E-state index in [0.717, 1.165) is 43.5 Å². The Bertz CT molecular complexity index is 823. The van der Waals surface area contributed by atoms with Crippen LogP contribution in [0.25, 0.3) is 10.8 Å². The number of aromatic nitrogens is 1. The van der Waals surface area contributed by atoms with Crippen LogP contribution in [0.3, 0.4) is 0 Å². The number of fused-ring (bicyclic) bond motifs is 1. The van der Waals surface area contributed by atoms with Gasteiger partial charge in [0, 0.05) is 57.4 Å². The number of benzene rings is 1. The summed E-state index contributed by atoms with van der Waals surface area (Å²) in [5.41, 5.74) is 0.246. The van der Waals surface area contributed by atoms with Gasteiger partial charge in [-0.3, -0.25) is 19.6 Å². The zero-order valence-electron chi connectivity index (χ0n) is 18.3. The van der Waals surface area contributed by atoms with Crippen molar-refractivity contribution in [2.24, 2.45) is 0 Å². The molecule has 0 saturated carbocycles. The number of aliphatic hydroxyl groups is 1. The van der Waals surface area contributed by atoms with Crippen molar-refractivity contribution in [3.63, 3.8) is 0 Å². The average Bonchev–Trinajstić information content (AvgIpc) is 2.72. The minimum atomic E-state index is -0.469. The first kappa shape index (κ1) is 22.6. The summed E-state index contributed by atoms with van der Waals surface area (Å²) in [6.07, 6.45) is 1.21. The number of piperazine rings is 1. The van der Waals surface area contributed by atoms with Gasteiger partial charge in [0.1, 0.15) is 5.69 Å². The van der Waals surface area contributed by atoms with E-state index in [-0.39, 0.29) is 11.5 Å². The van der Waals surface area contributed by atoms with E-state index in [4.69, 9.17) is 4.74 Å². The summed E-state index contributed by atoms with van der Waals surface area (Å²) in [4.78, 5) is 21.4. The first-order valence-electron chi connectivity index (χ1n) is 10.7. The first-order chi connectivity index (χ1) is 14.3. The van der Waals surface area contributed by atoms with Crippen LogP contribution in [0.4, 0.5) is 0 Å². The number of ether oxygens (including phenoxy) is 1. The number of hydrogen-bond donors (Lipinski definition) is 2. The Morgan fingerprint density at radius 3 is 2.60 bits per heavy atom. The minimum Gasteiger partial charge on any atom is -0.389 e. The third kappa shape index (κ3) is 6.74. The number of amides is 1. The normalized spacial score (nSPS) is 17.2. The molecule has 2 aromatic rings. The van der Waals surface area contributed by atoms with Gasteiger partial charge in [-0.25, -0.2) is 0 Å².